The molecule has 9 aromatic carbocycles. The van der Waals surface area contributed by atoms with Crippen molar-refractivity contribution in [3.63, 3.8) is 0 Å². The largest absolute Gasteiger partial charge is 0.309 e. The highest BCUT2D eigenvalue weighted by Gasteiger charge is 2.17. The van der Waals surface area contributed by atoms with Gasteiger partial charge in [-0.05, 0) is 117 Å². The Bertz CT molecular complexity index is 3220. The number of rotatable bonds is 4. The van der Waals surface area contributed by atoms with E-state index in [-0.39, 0.29) is 0 Å². The Hall–Kier alpha value is -6.48. The Morgan fingerprint density at radius 1 is 0.396 bits per heavy atom. The average molecular weight is 692 g/mol. The maximum Gasteiger partial charge on any atom is 0.0541 e. The van der Waals surface area contributed by atoms with Gasteiger partial charge in [-0.2, -0.15) is 0 Å². The summed E-state index contributed by atoms with van der Waals surface area (Å²) in [7, 11) is 0. The summed E-state index contributed by atoms with van der Waals surface area (Å²) in [5.41, 5.74) is 12.3. The van der Waals surface area contributed by atoms with Gasteiger partial charge in [0.05, 0.1) is 11.0 Å². The fourth-order valence-corrected chi connectivity index (χ4v) is 9.77. The van der Waals surface area contributed by atoms with Crippen molar-refractivity contribution < 1.29 is 0 Å². The molecule has 53 heavy (non-hydrogen) atoms. The van der Waals surface area contributed by atoms with Crippen LogP contribution in [-0.4, -0.2) is 4.57 Å². The first-order chi connectivity index (χ1) is 26.2. The van der Waals surface area contributed by atoms with Gasteiger partial charge in [0.1, 0.15) is 0 Å². The van der Waals surface area contributed by atoms with Crippen LogP contribution in [0.3, 0.4) is 0 Å². The van der Waals surface area contributed by atoms with Gasteiger partial charge in [-0.3, -0.25) is 0 Å². The third-order valence-corrected chi connectivity index (χ3v) is 12.2. The molecule has 0 spiro atoms. The number of aromatic nitrogens is 1. The number of hydrogen-bond acceptors (Lipinski definition) is 1. The van der Waals surface area contributed by atoms with E-state index in [1.165, 1.54) is 108 Å². The first-order valence-corrected chi connectivity index (χ1v) is 19.1. The number of hydrogen-bond donors (Lipinski definition) is 0. The molecule has 11 aromatic rings. The van der Waals surface area contributed by atoms with E-state index in [9.17, 15) is 0 Å². The first kappa shape index (κ1) is 30.2. The highest BCUT2D eigenvalue weighted by molar-refractivity contribution is 7.26. The molecule has 1 nitrogen and oxygen atoms in total. The molecule has 0 radical (unpaired) electrons. The zero-order valence-electron chi connectivity index (χ0n) is 29.2. The Kier molecular flexibility index (Phi) is 6.71. The number of thiophene rings is 1. The Labute approximate surface area is 311 Å². The zero-order chi connectivity index (χ0) is 35.0. The van der Waals surface area contributed by atoms with Crippen LogP contribution in [0.1, 0.15) is 5.56 Å². The summed E-state index contributed by atoms with van der Waals surface area (Å²) in [5.74, 6) is 0. The summed E-state index contributed by atoms with van der Waals surface area (Å²) < 4.78 is 5.08. The predicted molar refractivity (Wildman–Crippen MR) is 230 cm³/mol. The van der Waals surface area contributed by atoms with Crippen molar-refractivity contribution in [2.75, 3.05) is 0 Å². The minimum absolute atomic E-state index is 1.18. The standard InChI is InChI=1S/C51H33NS/c1-32-19-25-47-45(27-32)46-30-37(21-26-48(46)52(47)39-15-6-3-7-16-39)35-14-10-13-34(28-35)36-20-22-40-38(29-36)31-44(33-11-4-2-5-12-33)42-23-24-43-41-17-8-9-18-49(41)53-51(43)50(40)42/h2-31H,1H3. The van der Waals surface area contributed by atoms with Crippen LogP contribution in [0, 0.1) is 6.92 Å². The van der Waals surface area contributed by atoms with Gasteiger partial charge in [-0.15, -0.1) is 11.3 Å². The maximum atomic E-state index is 2.40. The van der Waals surface area contributed by atoms with Crippen molar-refractivity contribution >= 4 is 74.9 Å². The molecular formula is C51H33NS. The fourth-order valence-electron chi connectivity index (χ4n) is 8.51. The molecule has 11 rings (SSSR count). The number of nitrogens with zero attached hydrogens (tertiary/aromatic N) is 1. The maximum absolute atomic E-state index is 2.40. The SMILES string of the molecule is Cc1ccc2c(c1)c1cc(-c3cccc(-c4ccc5c(c4)cc(-c4ccccc4)c4ccc6c7ccccc7sc6c45)c3)ccc1n2-c1ccccc1. The molecule has 2 heterocycles. The predicted octanol–water partition coefficient (Wildman–Crippen LogP) is 14.8. The topological polar surface area (TPSA) is 4.93 Å². The van der Waals surface area contributed by atoms with Crippen LogP contribution in [0.25, 0.3) is 103 Å². The Balaban J connectivity index is 1.09. The van der Waals surface area contributed by atoms with Crippen molar-refractivity contribution in [3.8, 4) is 39.1 Å². The normalized spacial score (nSPS) is 11.9. The van der Waals surface area contributed by atoms with Crippen LogP contribution >= 0.6 is 11.3 Å². The van der Waals surface area contributed by atoms with Gasteiger partial charge < -0.3 is 4.57 Å². The van der Waals surface area contributed by atoms with Gasteiger partial charge in [-0.1, -0.05) is 127 Å². The van der Waals surface area contributed by atoms with E-state index >= 15 is 0 Å². The van der Waals surface area contributed by atoms with Gasteiger partial charge in [0.15, 0.2) is 0 Å². The van der Waals surface area contributed by atoms with Gasteiger partial charge in [0.2, 0.25) is 0 Å². The highest BCUT2D eigenvalue weighted by atomic mass is 32.1. The van der Waals surface area contributed by atoms with Crippen molar-refractivity contribution in [1.29, 1.82) is 0 Å². The lowest BCUT2D eigenvalue weighted by atomic mass is 9.90. The minimum atomic E-state index is 1.18. The quantitative estimate of drug-likeness (QED) is 0.162. The molecule has 0 aliphatic heterocycles. The summed E-state index contributed by atoms with van der Waals surface area (Å²) in [4.78, 5) is 0. The smallest absolute Gasteiger partial charge is 0.0541 e. The lowest BCUT2D eigenvalue weighted by molar-refractivity contribution is 1.18. The monoisotopic (exact) mass is 691 g/mol. The minimum Gasteiger partial charge on any atom is -0.309 e. The summed E-state index contributed by atoms with van der Waals surface area (Å²) in [6.45, 7) is 2.18. The average Bonchev–Trinajstić information content (AvgIpc) is 3.76. The second kappa shape index (κ2) is 11.8. The molecule has 0 aliphatic rings. The summed E-state index contributed by atoms with van der Waals surface area (Å²) in [6.07, 6.45) is 0. The molecule has 0 saturated heterocycles. The molecule has 0 unspecified atom stereocenters. The van der Waals surface area contributed by atoms with Crippen molar-refractivity contribution in [2.45, 2.75) is 6.92 Å². The fraction of sp³-hybridized carbons (Fsp3) is 0.0196. The van der Waals surface area contributed by atoms with Crippen LogP contribution in [0.5, 0.6) is 0 Å². The second-order valence-electron chi connectivity index (χ2n) is 14.2. The van der Waals surface area contributed by atoms with Gasteiger partial charge in [0.25, 0.3) is 0 Å². The van der Waals surface area contributed by atoms with Crippen LogP contribution < -0.4 is 0 Å². The molecule has 248 valence electrons. The van der Waals surface area contributed by atoms with Crippen LogP contribution in [0.15, 0.2) is 182 Å². The van der Waals surface area contributed by atoms with Crippen LogP contribution in [0.4, 0.5) is 0 Å². The van der Waals surface area contributed by atoms with E-state index < -0.39 is 0 Å². The van der Waals surface area contributed by atoms with Crippen molar-refractivity contribution in [1.82, 2.24) is 4.57 Å². The molecule has 0 N–H and O–H groups in total. The molecule has 2 heteroatoms. The third kappa shape index (κ3) is 4.76. The summed E-state index contributed by atoms with van der Waals surface area (Å²) in [5, 5.41) is 10.4. The van der Waals surface area contributed by atoms with E-state index in [1.807, 2.05) is 11.3 Å². The molecule has 0 amide bonds. The lowest BCUT2D eigenvalue weighted by Crippen LogP contribution is -1.93. The molecule has 0 bridgehead atoms. The Morgan fingerprint density at radius 2 is 1.02 bits per heavy atom. The first-order valence-electron chi connectivity index (χ1n) is 18.3. The van der Waals surface area contributed by atoms with Crippen LogP contribution in [-0.2, 0) is 0 Å². The van der Waals surface area contributed by atoms with Crippen molar-refractivity contribution in [3.05, 3.63) is 188 Å². The number of para-hydroxylation sites is 1. The molecule has 0 aliphatic carbocycles. The molecular weight excluding hydrogens is 659 g/mol. The van der Waals surface area contributed by atoms with Gasteiger partial charge >= 0.3 is 0 Å². The second-order valence-corrected chi connectivity index (χ2v) is 15.2. The van der Waals surface area contributed by atoms with E-state index in [4.69, 9.17) is 0 Å². The summed E-state index contributed by atoms with van der Waals surface area (Å²) in [6, 6.07) is 67.3. The Morgan fingerprint density at radius 3 is 1.85 bits per heavy atom. The van der Waals surface area contributed by atoms with Gasteiger partial charge in [-0.25, -0.2) is 0 Å². The third-order valence-electron chi connectivity index (χ3n) is 11.0. The van der Waals surface area contributed by atoms with Gasteiger partial charge in [0, 0.05) is 42.0 Å². The summed E-state index contributed by atoms with van der Waals surface area (Å²) >= 11 is 1.91. The van der Waals surface area contributed by atoms with E-state index in [0.717, 1.165) is 0 Å². The van der Waals surface area contributed by atoms with Crippen LogP contribution in [0.2, 0.25) is 0 Å². The zero-order valence-corrected chi connectivity index (χ0v) is 30.0. The number of aryl methyl sites for hydroxylation is 1. The molecule has 0 saturated carbocycles. The van der Waals surface area contributed by atoms with E-state index in [0.29, 0.717) is 0 Å². The van der Waals surface area contributed by atoms with Crippen molar-refractivity contribution in [2.24, 2.45) is 0 Å². The molecule has 2 aromatic heterocycles. The number of fused-ring (bicyclic) bond motifs is 10. The molecule has 0 atom stereocenters. The van der Waals surface area contributed by atoms with E-state index in [1.54, 1.807) is 0 Å². The number of benzene rings is 9. The lowest BCUT2D eigenvalue weighted by Gasteiger charge is -2.14. The molecule has 0 fully saturated rings. The van der Waals surface area contributed by atoms with E-state index in [2.05, 4.69) is 193 Å². The highest BCUT2D eigenvalue weighted by Crippen LogP contribution is 2.45.